The van der Waals surface area contributed by atoms with Crippen LogP contribution in [0.2, 0.25) is 0 Å². The number of benzene rings is 2. The summed E-state index contributed by atoms with van der Waals surface area (Å²) >= 11 is 1.05. The SMILES string of the molecule is CCSC(=O)NC(c1ccccc1)S(=O)(=O)c1ccc(C)cc1. The Morgan fingerprint density at radius 2 is 1.70 bits per heavy atom. The third-order valence-corrected chi connectivity index (χ3v) is 5.90. The number of sulfone groups is 1. The molecule has 0 aliphatic heterocycles. The fourth-order valence-corrected chi connectivity index (χ4v) is 4.21. The molecule has 1 atom stereocenters. The number of carbonyl (C=O) groups excluding carboxylic acids is 1. The average Bonchev–Trinajstić information content (AvgIpc) is 2.54. The topological polar surface area (TPSA) is 63.2 Å². The average molecular weight is 349 g/mol. The fraction of sp³-hybridized carbons (Fsp3) is 0.235. The van der Waals surface area contributed by atoms with E-state index >= 15 is 0 Å². The molecule has 122 valence electrons. The lowest BCUT2D eigenvalue weighted by molar-refractivity contribution is 0.259. The Labute approximate surface area is 141 Å². The van der Waals surface area contributed by atoms with Gasteiger partial charge in [0.2, 0.25) is 9.84 Å². The standard InChI is InChI=1S/C17H19NO3S2/c1-3-22-17(19)18-16(14-7-5-4-6-8-14)23(20,21)15-11-9-13(2)10-12-15/h4-12,16H,3H2,1-2H3,(H,18,19). The van der Waals surface area contributed by atoms with E-state index in [1.54, 1.807) is 48.5 Å². The van der Waals surface area contributed by atoms with E-state index in [4.69, 9.17) is 0 Å². The van der Waals surface area contributed by atoms with Gasteiger partial charge in [0.15, 0.2) is 5.37 Å². The van der Waals surface area contributed by atoms with Crippen LogP contribution in [0.15, 0.2) is 59.5 Å². The van der Waals surface area contributed by atoms with Gasteiger partial charge in [-0.2, -0.15) is 0 Å². The Bertz CT molecular complexity index is 756. The van der Waals surface area contributed by atoms with Crippen molar-refractivity contribution < 1.29 is 13.2 Å². The Hall–Kier alpha value is -1.79. The molecule has 1 amide bonds. The molecule has 2 rings (SSSR count). The molecule has 0 saturated carbocycles. The molecule has 1 unspecified atom stereocenters. The number of carbonyl (C=O) groups is 1. The second-order valence-corrected chi connectivity index (χ2v) is 8.28. The zero-order valence-corrected chi connectivity index (χ0v) is 14.7. The Kier molecular flexibility index (Phi) is 5.85. The van der Waals surface area contributed by atoms with Crippen LogP contribution >= 0.6 is 11.8 Å². The highest BCUT2D eigenvalue weighted by atomic mass is 32.2. The van der Waals surface area contributed by atoms with Crippen molar-refractivity contribution >= 4 is 26.8 Å². The first-order chi connectivity index (χ1) is 10.9. The molecule has 0 bridgehead atoms. The van der Waals surface area contributed by atoms with Gasteiger partial charge in [0.1, 0.15) is 0 Å². The van der Waals surface area contributed by atoms with E-state index in [0.29, 0.717) is 11.3 Å². The van der Waals surface area contributed by atoms with Crippen LogP contribution in [0, 0.1) is 6.92 Å². The van der Waals surface area contributed by atoms with Crippen molar-refractivity contribution in [3.63, 3.8) is 0 Å². The van der Waals surface area contributed by atoms with Gasteiger partial charge in [-0.3, -0.25) is 4.79 Å². The van der Waals surface area contributed by atoms with Crippen LogP contribution in [0.3, 0.4) is 0 Å². The zero-order chi connectivity index (χ0) is 16.9. The fourth-order valence-electron chi connectivity index (χ4n) is 2.11. The van der Waals surface area contributed by atoms with E-state index in [0.717, 1.165) is 17.3 Å². The molecule has 6 heteroatoms. The van der Waals surface area contributed by atoms with Crippen LogP contribution in [0.25, 0.3) is 0 Å². The summed E-state index contributed by atoms with van der Waals surface area (Å²) < 4.78 is 25.9. The first-order valence-electron chi connectivity index (χ1n) is 7.24. The predicted molar refractivity (Wildman–Crippen MR) is 94.2 cm³/mol. The lowest BCUT2D eigenvalue weighted by atomic mass is 10.2. The predicted octanol–water partition coefficient (Wildman–Crippen LogP) is 3.93. The molecule has 1 N–H and O–H groups in total. The molecule has 0 heterocycles. The highest BCUT2D eigenvalue weighted by molar-refractivity contribution is 8.13. The van der Waals surface area contributed by atoms with Gasteiger partial charge in [-0.25, -0.2) is 8.42 Å². The van der Waals surface area contributed by atoms with Gasteiger partial charge in [-0.15, -0.1) is 0 Å². The van der Waals surface area contributed by atoms with Crippen molar-refractivity contribution in [2.45, 2.75) is 24.1 Å². The molecule has 0 spiro atoms. The van der Waals surface area contributed by atoms with Crippen molar-refractivity contribution in [2.24, 2.45) is 0 Å². The van der Waals surface area contributed by atoms with Gasteiger partial charge in [-0.05, 0) is 30.4 Å². The number of rotatable bonds is 5. The van der Waals surface area contributed by atoms with Gasteiger partial charge in [0, 0.05) is 0 Å². The summed E-state index contributed by atoms with van der Waals surface area (Å²) in [5, 5.41) is 1.17. The summed E-state index contributed by atoms with van der Waals surface area (Å²) in [5.74, 6) is 0.581. The molecule has 0 aliphatic carbocycles. The number of nitrogens with one attached hydrogen (secondary N) is 1. The Morgan fingerprint density at radius 3 is 2.26 bits per heavy atom. The van der Waals surface area contributed by atoms with Crippen molar-refractivity contribution in [2.75, 3.05) is 5.75 Å². The molecule has 0 radical (unpaired) electrons. The zero-order valence-electron chi connectivity index (χ0n) is 13.0. The van der Waals surface area contributed by atoms with Crippen molar-refractivity contribution in [3.05, 3.63) is 65.7 Å². The summed E-state index contributed by atoms with van der Waals surface area (Å²) in [4.78, 5) is 12.1. The molecule has 0 aliphatic rings. The summed E-state index contributed by atoms with van der Waals surface area (Å²) in [6.45, 7) is 3.74. The monoisotopic (exact) mass is 349 g/mol. The number of hydrogen-bond acceptors (Lipinski definition) is 4. The van der Waals surface area contributed by atoms with Crippen LogP contribution in [-0.2, 0) is 9.84 Å². The molecule has 2 aromatic carbocycles. The molecule has 2 aromatic rings. The third kappa shape index (κ3) is 4.36. The highest BCUT2D eigenvalue weighted by Gasteiger charge is 2.30. The summed E-state index contributed by atoms with van der Waals surface area (Å²) in [6.07, 6.45) is 0. The second kappa shape index (κ2) is 7.66. The number of amides is 1. The lowest BCUT2D eigenvalue weighted by Gasteiger charge is -2.19. The van der Waals surface area contributed by atoms with Crippen molar-refractivity contribution in [1.82, 2.24) is 5.32 Å². The Morgan fingerprint density at radius 1 is 1.09 bits per heavy atom. The normalized spacial score (nSPS) is 12.6. The van der Waals surface area contributed by atoms with Gasteiger partial charge in [-0.1, -0.05) is 66.7 Å². The van der Waals surface area contributed by atoms with Gasteiger partial charge >= 0.3 is 0 Å². The molecule has 0 aromatic heterocycles. The van der Waals surface area contributed by atoms with E-state index in [1.807, 2.05) is 19.9 Å². The molecule has 23 heavy (non-hydrogen) atoms. The number of hydrogen-bond donors (Lipinski definition) is 1. The van der Waals surface area contributed by atoms with Crippen LogP contribution < -0.4 is 5.32 Å². The van der Waals surface area contributed by atoms with Crippen LogP contribution in [0.1, 0.15) is 23.4 Å². The minimum Gasteiger partial charge on any atom is -0.326 e. The molecular weight excluding hydrogens is 330 g/mol. The minimum atomic E-state index is -3.73. The maximum absolute atomic E-state index is 13.0. The maximum atomic E-state index is 13.0. The number of aryl methyl sites for hydroxylation is 1. The first kappa shape index (κ1) is 17.6. The van der Waals surface area contributed by atoms with E-state index in [-0.39, 0.29) is 10.1 Å². The van der Waals surface area contributed by atoms with E-state index in [1.165, 1.54) is 0 Å². The smallest absolute Gasteiger partial charge is 0.280 e. The van der Waals surface area contributed by atoms with E-state index in [9.17, 15) is 13.2 Å². The summed E-state index contributed by atoms with van der Waals surface area (Å²) in [7, 11) is -3.73. The minimum absolute atomic E-state index is 0.193. The number of thioether (sulfide) groups is 1. The summed E-state index contributed by atoms with van der Waals surface area (Å²) in [6, 6.07) is 15.4. The summed E-state index contributed by atoms with van der Waals surface area (Å²) in [5.41, 5.74) is 1.52. The van der Waals surface area contributed by atoms with Crippen molar-refractivity contribution in [3.8, 4) is 0 Å². The quantitative estimate of drug-likeness (QED) is 0.888. The second-order valence-electron chi connectivity index (χ2n) is 5.01. The van der Waals surface area contributed by atoms with Crippen LogP contribution in [-0.4, -0.2) is 19.4 Å². The van der Waals surface area contributed by atoms with E-state index < -0.39 is 15.2 Å². The highest BCUT2D eigenvalue weighted by Crippen LogP contribution is 2.27. The van der Waals surface area contributed by atoms with Gasteiger partial charge < -0.3 is 5.32 Å². The molecule has 0 saturated heterocycles. The third-order valence-electron chi connectivity index (χ3n) is 3.29. The first-order valence-corrected chi connectivity index (χ1v) is 9.77. The van der Waals surface area contributed by atoms with Crippen molar-refractivity contribution in [1.29, 1.82) is 0 Å². The van der Waals surface area contributed by atoms with Crippen LogP contribution in [0.4, 0.5) is 4.79 Å². The van der Waals surface area contributed by atoms with Gasteiger partial charge in [0.05, 0.1) is 4.90 Å². The molecule has 0 fully saturated rings. The largest absolute Gasteiger partial charge is 0.326 e. The van der Waals surface area contributed by atoms with Gasteiger partial charge in [0.25, 0.3) is 5.24 Å². The van der Waals surface area contributed by atoms with E-state index in [2.05, 4.69) is 5.32 Å². The molecule has 4 nitrogen and oxygen atoms in total. The lowest BCUT2D eigenvalue weighted by Crippen LogP contribution is -2.31. The molecular formula is C17H19NO3S2. The Balaban J connectivity index is 2.43. The maximum Gasteiger partial charge on any atom is 0.280 e. The van der Waals surface area contributed by atoms with Crippen LogP contribution in [0.5, 0.6) is 0 Å².